The number of amides is 2. The van der Waals surface area contributed by atoms with Gasteiger partial charge in [-0.2, -0.15) is 0 Å². The number of isocyanates is 2. The van der Waals surface area contributed by atoms with Crippen LogP contribution in [-0.2, 0) is 19.1 Å². The first-order valence-electron chi connectivity index (χ1n) is 4.64. The molecule has 0 saturated heterocycles. The highest BCUT2D eigenvalue weighted by Gasteiger charge is 1.99. The molecule has 2 N–H and O–H groups in total. The van der Waals surface area contributed by atoms with E-state index in [1.807, 2.05) is 0 Å². The van der Waals surface area contributed by atoms with Crippen molar-refractivity contribution in [3.63, 3.8) is 0 Å². The van der Waals surface area contributed by atoms with Crippen LogP contribution in [0, 0.1) is 0 Å². The fourth-order valence-electron chi connectivity index (χ4n) is 0.281. The van der Waals surface area contributed by atoms with Crippen LogP contribution in [0.5, 0.6) is 0 Å². The summed E-state index contributed by atoms with van der Waals surface area (Å²) >= 11 is 0. The Balaban J connectivity index is -0.000000264. The van der Waals surface area contributed by atoms with E-state index < -0.39 is 12.2 Å². The summed E-state index contributed by atoms with van der Waals surface area (Å²) in [5.74, 6) is 0. The average molecular weight is 276 g/mol. The minimum atomic E-state index is -0.645. The lowest BCUT2D eigenvalue weighted by atomic mass is 11.0. The van der Waals surface area contributed by atoms with Crippen molar-refractivity contribution < 1.29 is 28.7 Å². The molecule has 10 heteroatoms. The molecule has 0 atom stereocenters. The molecule has 0 fully saturated rings. The van der Waals surface area contributed by atoms with Gasteiger partial charge >= 0.3 is 12.2 Å². The maximum atomic E-state index is 10.3. The maximum absolute atomic E-state index is 10.3. The normalized spacial score (nSPS) is 6.53. The van der Waals surface area contributed by atoms with Gasteiger partial charge in [-0.15, -0.1) is 0 Å². The number of alkyl carbamates (subject to hydrolysis) is 2. The highest BCUT2D eigenvalue weighted by atomic mass is 16.7. The fraction of sp³-hybridized carbons (Fsp3) is 0.556. The molecule has 0 bridgehead atoms. The first-order valence-corrected chi connectivity index (χ1v) is 4.64. The molecule has 0 aromatic heterocycles. The van der Waals surface area contributed by atoms with Gasteiger partial charge in [0, 0.05) is 28.2 Å². The Morgan fingerprint density at radius 3 is 1.37 bits per heavy atom. The second kappa shape index (κ2) is 20.7. The molecule has 0 unspecified atom stereocenters. The lowest BCUT2D eigenvalue weighted by Crippen LogP contribution is -2.25. The summed E-state index contributed by atoms with van der Waals surface area (Å²) in [6.45, 7) is -0.390. The second-order valence-corrected chi connectivity index (χ2v) is 2.11. The summed E-state index contributed by atoms with van der Waals surface area (Å²) < 4.78 is 8.66. The van der Waals surface area contributed by atoms with Crippen molar-refractivity contribution in [2.45, 2.75) is 0 Å². The van der Waals surface area contributed by atoms with E-state index in [2.05, 4.69) is 30.1 Å². The Labute approximate surface area is 109 Å². The molecule has 0 aliphatic rings. The fourth-order valence-corrected chi connectivity index (χ4v) is 0.281. The zero-order valence-electron chi connectivity index (χ0n) is 11.1. The van der Waals surface area contributed by atoms with Crippen LogP contribution in [-0.4, -0.2) is 59.3 Å². The predicted molar refractivity (Wildman–Crippen MR) is 64.0 cm³/mol. The van der Waals surface area contributed by atoms with E-state index >= 15 is 0 Å². The van der Waals surface area contributed by atoms with E-state index in [0.717, 1.165) is 0 Å². The van der Waals surface area contributed by atoms with Gasteiger partial charge in [0.1, 0.15) is 0 Å². The standard InChI is InChI=1S/C5H10N2O4.2C2H3NO/c1-6-4(8)10-3-11-5(9)7-2;2*1-3-2-4/h3H2,1-2H3,(H,6,8)(H,7,9);2*1H3. The smallest absolute Gasteiger partial charge is 0.409 e. The van der Waals surface area contributed by atoms with Crippen LogP contribution < -0.4 is 10.6 Å². The number of aliphatic imine (C=N–C) groups is 2. The van der Waals surface area contributed by atoms with Crippen LogP contribution in [0.2, 0.25) is 0 Å². The first-order chi connectivity index (χ1) is 9.03. The van der Waals surface area contributed by atoms with E-state index in [1.54, 1.807) is 0 Å². The van der Waals surface area contributed by atoms with Gasteiger partial charge in [0.05, 0.1) is 0 Å². The molecule has 0 aromatic rings. The summed E-state index contributed by atoms with van der Waals surface area (Å²) in [7, 11) is 5.57. The number of nitrogens with zero attached hydrogens (tertiary/aromatic N) is 2. The van der Waals surface area contributed by atoms with Crippen molar-refractivity contribution in [1.29, 1.82) is 0 Å². The van der Waals surface area contributed by atoms with Gasteiger partial charge in [-0.05, 0) is 0 Å². The van der Waals surface area contributed by atoms with Gasteiger partial charge in [-0.25, -0.2) is 29.2 Å². The van der Waals surface area contributed by atoms with Crippen LogP contribution in [0.4, 0.5) is 9.59 Å². The third-order valence-electron chi connectivity index (χ3n) is 0.971. The summed E-state index contributed by atoms with van der Waals surface area (Å²) in [6, 6.07) is 0. The van der Waals surface area contributed by atoms with E-state index in [4.69, 9.17) is 9.59 Å². The minimum Gasteiger partial charge on any atom is -0.412 e. The highest BCUT2D eigenvalue weighted by molar-refractivity contribution is 5.68. The Hall–Kier alpha value is -2.70. The minimum absolute atomic E-state index is 0.390. The monoisotopic (exact) mass is 276 g/mol. The van der Waals surface area contributed by atoms with Crippen molar-refractivity contribution in [3.05, 3.63) is 0 Å². The van der Waals surface area contributed by atoms with Crippen LogP contribution >= 0.6 is 0 Å². The molecule has 10 nitrogen and oxygen atoms in total. The molecule has 0 spiro atoms. The summed E-state index contributed by atoms with van der Waals surface area (Å²) in [5.41, 5.74) is 0. The predicted octanol–water partition coefficient (Wildman–Crippen LogP) is -0.440. The van der Waals surface area contributed by atoms with Gasteiger partial charge in [-0.1, -0.05) is 0 Å². The van der Waals surface area contributed by atoms with Crippen LogP contribution in [0.15, 0.2) is 9.98 Å². The summed E-state index contributed by atoms with van der Waals surface area (Å²) in [6.07, 6.45) is 1.32. The number of rotatable bonds is 2. The highest BCUT2D eigenvalue weighted by Crippen LogP contribution is 1.79. The van der Waals surface area contributed by atoms with Crippen LogP contribution in [0.25, 0.3) is 0 Å². The van der Waals surface area contributed by atoms with Gasteiger partial charge in [0.25, 0.3) is 0 Å². The van der Waals surface area contributed by atoms with Crippen molar-refractivity contribution in [3.8, 4) is 0 Å². The molecule has 108 valence electrons. The van der Waals surface area contributed by atoms with E-state index in [1.165, 1.54) is 40.4 Å². The summed E-state index contributed by atoms with van der Waals surface area (Å²) in [4.78, 5) is 44.3. The number of nitrogens with one attached hydrogen (secondary N) is 2. The molecule has 0 radical (unpaired) electrons. The molecular formula is C9H16N4O6. The van der Waals surface area contributed by atoms with Crippen molar-refractivity contribution in [1.82, 2.24) is 10.6 Å². The molecule has 0 aliphatic heterocycles. The zero-order valence-corrected chi connectivity index (χ0v) is 11.1. The lowest BCUT2D eigenvalue weighted by Gasteiger charge is -2.03. The summed E-state index contributed by atoms with van der Waals surface area (Å²) in [5, 5.41) is 4.37. The van der Waals surface area contributed by atoms with Crippen LogP contribution in [0.3, 0.4) is 0 Å². The molecular weight excluding hydrogens is 260 g/mol. The molecule has 0 aliphatic carbocycles. The van der Waals surface area contributed by atoms with E-state index in [9.17, 15) is 9.59 Å². The number of carbonyl (C=O) groups is 2. The van der Waals surface area contributed by atoms with Crippen molar-refractivity contribution in [2.75, 3.05) is 35.0 Å². The average Bonchev–Trinajstić information content (AvgIpc) is 2.47. The SMILES string of the molecule is CN=C=O.CN=C=O.CNC(=O)OCOC(=O)NC. The number of carbonyl (C=O) groups excluding carboxylic acids is 4. The molecule has 2 amide bonds. The maximum Gasteiger partial charge on any atom is 0.409 e. The Morgan fingerprint density at radius 2 is 1.21 bits per heavy atom. The lowest BCUT2D eigenvalue weighted by molar-refractivity contribution is 0.0260. The van der Waals surface area contributed by atoms with E-state index in [0.29, 0.717) is 0 Å². The van der Waals surface area contributed by atoms with Gasteiger partial charge < -0.3 is 20.1 Å². The third-order valence-corrected chi connectivity index (χ3v) is 0.971. The Morgan fingerprint density at radius 1 is 0.947 bits per heavy atom. The molecule has 19 heavy (non-hydrogen) atoms. The molecule has 0 aromatic carbocycles. The third kappa shape index (κ3) is 31.3. The van der Waals surface area contributed by atoms with Crippen molar-refractivity contribution in [2.24, 2.45) is 9.98 Å². The van der Waals surface area contributed by atoms with Gasteiger partial charge in [0.15, 0.2) is 0 Å². The molecule has 0 rings (SSSR count). The topological polar surface area (TPSA) is 136 Å². The van der Waals surface area contributed by atoms with E-state index in [-0.39, 0.29) is 6.79 Å². The number of hydrogen-bond donors (Lipinski definition) is 2. The van der Waals surface area contributed by atoms with Crippen molar-refractivity contribution >= 4 is 24.3 Å². The number of hydrogen-bond acceptors (Lipinski definition) is 8. The second-order valence-electron chi connectivity index (χ2n) is 2.11. The van der Waals surface area contributed by atoms with Crippen LogP contribution in [0.1, 0.15) is 0 Å². The molecule has 0 saturated carbocycles. The first kappa shape index (κ1) is 21.6. The zero-order chi connectivity index (χ0) is 15.5. The quantitative estimate of drug-likeness (QED) is 0.398. The Bertz CT molecular complexity index is 302. The van der Waals surface area contributed by atoms with Gasteiger partial charge in [-0.3, -0.25) is 0 Å². The molecule has 0 heterocycles. The van der Waals surface area contributed by atoms with Gasteiger partial charge in [0.2, 0.25) is 19.0 Å². The largest absolute Gasteiger partial charge is 0.412 e. The Kier molecular flexibility index (Phi) is 23.5. The number of ether oxygens (including phenoxy) is 2.